The van der Waals surface area contributed by atoms with Gasteiger partial charge in [0, 0.05) is 11.1 Å². The number of nitrogens with two attached hydrogens (primary N) is 1. The fourth-order valence-corrected chi connectivity index (χ4v) is 1.88. The first kappa shape index (κ1) is 6.75. The maximum atomic E-state index is 5.47. The van der Waals surface area contributed by atoms with Gasteiger partial charge in [-0.25, -0.2) is 0 Å². The van der Waals surface area contributed by atoms with Gasteiger partial charge in [0.2, 0.25) is 4.96 Å². The van der Waals surface area contributed by atoms with E-state index < -0.39 is 0 Å². The Labute approximate surface area is 67.7 Å². The summed E-state index contributed by atoms with van der Waals surface area (Å²) in [6.07, 6.45) is 0. The summed E-state index contributed by atoms with van der Waals surface area (Å²) in [6, 6.07) is 0. The predicted molar refractivity (Wildman–Crippen MR) is 43.5 cm³/mol. The predicted octanol–water partition coefficient (Wildman–Crippen LogP) is 0.558. The zero-order valence-electron chi connectivity index (χ0n) is 6.11. The van der Waals surface area contributed by atoms with E-state index in [4.69, 9.17) is 5.73 Å². The van der Waals surface area contributed by atoms with Crippen molar-refractivity contribution in [3.05, 3.63) is 16.9 Å². The monoisotopic (exact) mass is 168 g/mol. The van der Waals surface area contributed by atoms with Gasteiger partial charge in [0.1, 0.15) is 0 Å². The van der Waals surface area contributed by atoms with Crippen molar-refractivity contribution in [2.24, 2.45) is 5.73 Å². The molecule has 0 amide bonds. The van der Waals surface area contributed by atoms with Crippen LogP contribution in [0.5, 0.6) is 0 Å². The molecule has 0 aliphatic rings. The molecular weight excluding hydrogens is 160 g/mol. The maximum absolute atomic E-state index is 5.47. The summed E-state index contributed by atoms with van der Waals surface area (Å²) in [5.74, 6) is 0.832. The molecule has 11 heavy (non-hydrogen) atoms. The summed E-state index contributed by atoms with van der Waals surface area (Å²) in [6.45, 7) is 2.46. The van der Waals surface area contributed by atoms with Crippen molar-refractivity contribution in [1.82, 2.24) is 14.6 Å². The van der Waals surface area contributed by atoms with Crippen LogP contribution in [0, 0.1) is 6.92 Å². The second kappa shape index (κ2) is 2.28. The molecule has 4 nitrogen and oxygen atoms in total. The molecule has 0 bridgehead atoms. The minimum absolute atomic E-state index is 0.443. The first-order valence-corrected chi connectivity index (χ1v) is 4.19. The molecule has 2 aromatic heterocycles. The Morgan fingerprint density at radius 2 is 2.45 bits per heavy atom. The van der Waals surface area contributed by atoms with Crippen LogP contribution >= 0.6 is 11.3 Å². The summed E-state index contributed by atoms with van der Waals surface area (Å²) in [7, 11) is 0. The number of fused-ring (bicyclic) bond motifs is 1. The van der Waals surface area contributed by atoms with Crippen LogP contribution in [0.2, 0.25) is 0 Å². The van der Waals surface area contributed by atoms with Gasteiger partial charge in [0.05, 0.1) is 6.54 Å². The molecule has 58 valence electrons. The fraction of sp³-hybridized carbons (Fsp3) is 0.333. The number of aromatic nitrogens is 3. The molecule has 0 atom stereocenters. The van der Waals surface area contributed by atoms with Crippen molar-refractivity contribution in [3.63, 3.8) is 0 Å². The Morgan fingerprint density at radius 1 is 1.64 bits per heavy atom. The van der Waals surface area contributed by atoms with Gasteiger partial charge in [-0.2, -0.15) is 0 Å². The van der Waals surface area contributed by atoms with Crippen LogP contribution in [-0.4, -0.2) is 14.6 Å². The van der Waals surface area contributed by atoms with E-state index in [0.717, 1.165) is 16.5 Å². The third-order valence-corrected chi connectivity index (χ3v) is 2.50. The van der Waals surface area contributed by atoms with Crippen LogP contribution in [0.3, 0.4) is 0 Å². The van der Waals surface area contributed by atoms with Crippen molar-refractivity contribution >= 4 is 16.3 Å². The molecule has 0 saturated carbocycles. The van der Waals surface area contributed by atoms with Crippen LogP contribution in [-0.2, 0) is 6.54 Å². The first-order chi connectivity index (χ1) is 5.33. The third-order valence-electron chi connectivity index (χ3n) is 1.57. The van der Waals surface area contributed by atoms with Crippen LogP contribution in [0.15, 0.2) is 5.38 Å². The van der Waals surface area contributed by atoms with Crippen LogP contribution in [0.25, 0.3) is 4.96 Å². The molecule has 2 rings (SSSR count). The normalized spacial score (nSPS) is 11.1. The quantitative estimate of drug-likeness (QED) is 0.676. The zero-order valence-corrected chi connectivity index (χ0v) is 6.93. The second-order valence-corrected chi connectivity index (χ2v) is 3.15. The van der Waals surface area contributed by atoms with Crippen LogP contribution in [0.1, 0.15) is 11.5 Å². The molecule has 0 saturated heterocycles. The minimum atomic E-state index is 0.443. The van der Waals surface area contributed by atoms with Gasteiger partial charge in [0.15, 0.2) is 5.82 Å². The van der Waals surface area contributed by atoms with Crippen molar-refractivity contribution in [3.8, 4) is 0 Å². The molecule has 0 aliphatic heterocycles. The standard InChI is InChI=1S/C6H8N4S/c1-4-3-11-6-9-8-5(2-7)10(4)6/h3H,2,7H2,1H3. The molecule has 0 aliphatic carbocycles. The van der Waals surface area contributed by atoms with E-state index >= 15 is 0 Å². The van der Waals surface area contributed by atoms with Gasteiger partial charge in [-0.3, -0.25) is 4.40 Å². The molecule has 0 radical (unpaired) electrons. The molecule has 0 fully saturated rings. The van der Waals surface area contributed by atoms with E-state index in [9.17, 15) is 0 Å². The molecule has 0 unspecified atom stereocenters. The first-order valence-electron chi connectivity index (χ1n) is 3.31. The SMILES string of the molecule is Cc1csc2nnc(CN)n12. The summed E-state index contributed by atoms with van der Waals surface area (Å²) in [4.78, 5) is 0.919. The van der Waals surface area contributed by atoms with Gasteiger partial charge in [-0.1, -0.05) is 0 Å². The zero-order chi connectivity index (χ0) is 7.84. The Kier molecular flexibility index (Phi) is 1.40. The Balaban J connectivity index is 2.80. The lowest BCUT2D eigenvalue weighted by atomic mass is 10.5. The number of rotatable bonds is 1. The van der Waals surface area contributed by atoms with E-state index in [2.05, 4.69) is 10.2 Å². The van der Waals surface area contributed by atoms with E-state index in [1.165, 1.54) is 0 Å². The van der Waals surface area contributed by atoms with E-state index in [1.807, 2.05) is 16.7 Å². The Hall–Kier alpha value is -0.940. The van der Waals surface area contributed by atoms with Crippen molar-refractivity contribution in [1.29, 1.82) is 0 Å². The highest BCUT2D eigenvalue weighted by Gasteiger charge is 2.06. The largest absolute Gasteiger partial charge is 0.324 e. The van der Waals surface area contributed by atoms with Crippen LogP contribution < -0.4 is 5.73 Å². The van der Waals surface area contributed by atoms with Crippen LogP contribution in [0.4, 0.5) is 0 Å². The fourth-order valence-electron chi connectivity index (χ4n) is 1.05. The van der Waals surface area contributed by atoms with E-state index in [0.29, 0.717) is 6.54 Å². The highest BCUT2D eigenvalue weighted by Crippen LogP contribution is 2.14. The van der Waals surface area contributed by atoms with Gasteiger partial charge in [-0.15, -0.1) is 21.5 Å². The molecule has 0 spiro atoms. The third kappa shape index (κ3) is 0.849. The maximum Gasteiger partial charge on any atom is 0.216 e. The van der Waals surface area contributed by atoms with Crippen molar-refractivity contribution in [2.75, 3.05) is 0 Å². The Morgan fingerprint density at radius 3 is 3.18 bits per heavy atom. The summed E-state index contributed by atoms with van der Waals surface area (Å²) in [5, 5.41) is 9.94. The van der Waals surface area contributed by atoms with Gasteiger partial charge in [0.25, 0.3) is 0 Å². The van der Waals surface area contributed by atoms with E-state index in [1.54, 1.807) is 11.3 Å². The topological polar surface area (TPSA) is 56.2 Å². The molecule has 2 aromatic rings. The van der Waals surface area contributed by atoms with Crippen molar-refractivity contribution < 1.29 is 0 Å². The minimum Gasteiger partial charge on any atom is -0.324 e. The lowest BCUT2D eigenvalue weighted by Gasteiger charge is -1.91. The molecule has 2 N–H and O–H groups in total. The number of aryl methyl sites for hydroxylation is 1. The highest BCUT2D eigenvalue weighted by molar-refractivity contribution is 7.15. The second-order valence-electron chi connectivity index (χ2n) is 2.32. The van der Waals surface area contributed by atoms with Gasteiger partial charge < -0.3 is 5.73 Å². The number of hydrogen-bond acceptors (Lipinski definition) is 4. The molecule has 5 heteroatoms. The molecule has 2 heterocycles. The highest BCUT2D eigenvalue weighted by atomic mass is 32.1. The summed E-state index contributed by atoms with van der Waals surface area (Å²) >= 11 is 1.58. The summed E-state index contributed by atoms with van der Waals surface area (Å²) < 4.78 is 1.98. The van der Waals surface area contributed by atoms with E-state index in [-0.39, 0.29) is 0 Å². The molecule has 0 aromatic carbocycles. The average molecular weight is 168 g/mol. The Bertz CT molecular complexity index is 375. The number of thiazole rings is 1. The molecular formula is C6H8N4S. The van der Waals surface area contributed by atoms with Crippen molar-refractivity contribution in [2.45, 2.75) is 13.5 Å². The number of hydrogen-bond donors (Lipinski definition) is 1. The smallest absolute Gasteiger partial charge is 0.216 e. The van der Waals surface area contributed by atoms with Gasteiger partial charge in [-0.05, 0) is 6.92 Å². The average Bonchev–Trinajstić information content (AvgIpc) is 2.54. The lowest BCUT2D eigenvalue weighted by Crippen LogP contribution is -2.02. The van der Waals surface area contributed by atoms with Gasteiger partial charge >= 0.3 is 0 Å². The summed E-state index contributed by atoms with van der Waals surface area (Å²) in [5.41, 5.74) is 6.62. The lowest BCUT2D eigenvalue weighted by molar-refractivity contribution is 0.871. The number of nitrogens with zero attached hydrogens (tertiary/aromatic N) is 3.